The van der Waals surface area contributed by atoms with E-state index in [9.17, 15) is 5.11 Å². The van der Waals surface area contributed by atoms with Crippen LogP contribution in [0.25, 0.3) is 5.57 Å². The summed E-state index contributed by atoms with van der Waals surface area (Å²) in [6.07, 6.45) is 2.02. The third kappa shape index (κ3) is 7.32. The molecule has 0 unspecified atom stereocenters. The summed E-state index contributed by atoms with van der Waals surface area (Å²) < 4.78 is 5.23. The largest absolute Gasteiger partial charge is 0.395 e. The quantitative estimate of drug-likeness (QED) is 0.267. The number of nitrogens with two attached hydrogens (primary N) is 1. The Kier molecular flexibility index (Phi) is 10.1. The molecule has 2 aromatic carbocycles. The van der Waals surface area contributed by atoms with Gasteiger partial charge in [0.05, 0.1) is 13.2 Å². The lowest BCUT2D eigenvalue weighted by Crippen LogP contribution is -2.40. The molecule has 6 heteroatoms. The molecule has 6 nitrogen and oxygen atoms in total. The molecule has 152 valence electrons. The van der Waals surface area contributed by atoms with E-state index in [0.717, 1.165) is 41.9 Å². The highest BCUT2D eigenvalue weighted by Crippen LogP contribution is 2.17. The van der Waals surface area contributed by atoms with E-state index in [1.807, 2.05) is 24.3 Å². The summed E-state index contributed by atoms with van der Waals surface area (Å²) in [6.45, 7) is 2.20. The first kappa shape index (κ1) is 21.9. The summed E-state index contributed by atoms with van der Waals surface area (Å²) in [5.74, 6) is 0.783. The van der Waals surface area contributed by atoms with Crippen LogP contribution >= 0.6 is 0 Å². The van der Waals surface area contributed by atoms with Crippen LogP contribution in [0, 0.1) is 0 Å². The van der Waals surface area contributed by atoms with Crippen molar-refractivity contribution in [2.45, 2.75) is 19.4 Å². The van der Waals surface area contributed by atoms with Gasteiger partial charge in [0.15, 0.2) is 0 Å². The minimum absolute atomic E-state index is 0.0424. The molecule has 0 aromatic heterocycles. The lowest BCUT2D eigenvalue weighted by molar-refractivity contribution is 0.185. The minimum Gasteiger partial charge on any atom is -0.395 e. The number of hydrogen-bond donors (Lipinski definition) is 5. The maximum Gasteiger partial charge on any atom is 0.118 e. The monoisotopic (exact) mass is 384 g/mol. The third-order valence-corrected chi connectivity index (χ3v) is 4.33. The number of hydrogen-bond acceptors (Lipinski definition) is 6. The number of aliphatic hydroxyl groups is 1. The van der Waals surface area contributed by atoms with Gasteiger partial charge in [0.25, 0.3) is 0 Å². The summed E-state index contributed by atoms with van der Waals surface area (Å²) in [6, 6.07) is 18.6. The van der Waals surface area contributed by atoms with Gasteiger partial charge in [-0.05, 0) is 35.6 Å². The first-order valence-electron chi connectivity index (χ1n) is 9.67. The Morgan fingerprint density at radius 1 is 1.04 bits per heavy atom. The van der Waals surface area contributed by atoms with Gasteiger partial charge in [-0.3, -0.25) is 0 Å². The van der Waals surface area contributed by atoms with E-state index in [1.54, 1.807) is 7.11 Å². The zero-order valence-electron chi connectivity index (χ0n) is 16.6. The number of aliphatic hydroxyl groups excluding tert-OH is 1. The first-order chi connectivity index (χ1) is 13.8. The highest BCUT2D eigenvalue weighted by atomic mass is 16.5. The number of nitrogens with one attached hydrogen (secondary N) is 3. The topological polar surface area (TPSA) is 91.6 Å². The average Bonchev–Trinajstić information content (AvgIpc) is 2.73. The molecule has 0 bridgehead atoms. The third-order valence-electron chi connectivity index (χ3n) is 4.33. The van der Waals surface area contributed by atoms with Crippen molar-refractivity contribution in [1.29, 1.82) is 0 Å². The zero-order valence-corrected chi connectivity index (χ0v) is 16.6. The Balaban J connectivity index is 2.01. The summed E-state index contributed by atoms with van der Waals surface area (Å²) in [4.78, 5) is 0. The van der Waals surface area contributed by atoms with Crippen LogP contribution in [-0.4, -0.2) is 38.5 Å². The van der Waals surface area contributed by atoms with Crippen LogP contribution in [0.5, 0.6) is 0 Å². The molecule has 0 radical (unpaired) electrons. The van der Waals surface area contributed by atoms with Crippen molar-refractivity contribution in [3.8, 4) is 0 Å². The van der Waals surface area contributed by atoms with Crippen molar-refractivity contribution < 1.29 is 9.84 Å². The molecule has 0 atom stereocenters. The molecule has 0 spiro atoms. The molecular formula is C22H32N4O2. The van der Waals surface area contributed by atoms with E-state index in [1.165, 1.54) is 5.56 Å². The van der Waals surface area contributed by atoms with Gasteiger partial charge in [-0.25, -0.2) is 5.43 Å². The number of ether oxygens (including phenoxy) is 1. The van der Waals surface area contributed by atoms with Gasteiger partial charge in [0, 0.05) is 32.3 Å². The SMILES string of the molecule is COCc1cccc(/C(CN)=C(\NCCO)NNCCCc2ccccc2)c1. The second-order valence-electron chi connectivity index (χ2n) is 6.48. The first-order valence-corrected chi connectivity index (χ1v) is 9.67. The summed E-state index contributed by atoms with van der Waals surface area (Å²) in [5.41, 5.74) is 16.9. The number of hydrazine groups is 1. The number of rotatable bonds is 13. The van der Waals surface area contributed by atoms with Crippen molar-refractivity contribution in [3.05, 3.63) is 77.1 Å². The Labute approximate surface area is 167 Å². The van der Waals surface area contributed by atoms with Gasteiger partial charge < -0.3 is 26.3 Å². The van der Waals surface area contributed by atoms with E-state index in [0.29, 0.717) is 19.7 Å². The van der Waals surface area contributed by atoms with Crippen LogP contribution in [0.4, 0.5) is 0 Å². The molecule has 0 heterocycles. The fourth-order valence-corrected chi connectivity index (χ4v) is 2.96. The summed E-state index contributed by atoms with van der Waals surface area (Å²) in [5, 5.41) is 12.4. The van der Waals surface area contributed by atoms with Crippen LogP contribution in [0.1, 0.15) is 23.1 Å². The molecule has 0 amide bonds. The molecule has 2 aromatic rings. The smallest absolute Gasteiger partial charge is 0.118 e. The lowest BCUT2D eigenvalue weighted by atomic mass is 10.0. The van der Waals surface area contributed by atoms with Crippen molar-refractivity contribution in [2.24, 2.45) is 5.73 Å². The van der Waals surface area contributed by atoms with Crippen LogP contribution in [0.15, 0.2) is 60.4 Å². The highest BCUT2D eigenvalue weighted by Gasteiger charge is 2.09. The second-order valence-corrected chi connectivity index (χ2v) is 6.48. The molecule has 6 N–H and O–H groups in total. The van der Waals surface area contributed by atoms with Crippen LogP contribution in [-0.2, 0) is 17.8 Å². The normalized spacial score (nSPS) is 11.8. The molecule has 0 aliphatic heterocycles. The summed E-state index contributed by atoms with van der Waals surface area (Å²) >= 11 is 0. The van der Waals surface area contributed by atoms with Gasteiger partial charge in [-0.1, -0.05) is 48.5 Å². The van der Waals surface area contributed by atoms with Crippen molar-refractivity contribution in [3.63, 3.8) is 0 Å². The van der Waals surface area contributed by atoms with Crippen molar-refractivity contribution >= 4 is 5.57 Å². The van der Waals surface area contributed by atoms with Crippen molar-refractivity contribution in [1.82, 2.24) is 16.2 Å². The fourth-order valence-electron chi connectivity index (χ4n) is 2.96. The molecule has 0 aliphatic rings. The standard InChI is InChI=1S/C22H32N4O2/c1-28-17-19-9-5-11-20(15-19)21(16-23)22(24-13-14-27)26-25-12-6-10-18-7-3-2-4-8-18/h2-5,7-9,11,15,24-27H,6,10,12-14,16-17,23H2,1H3/b22-21+. The lowest BCUT2D eigenvalue weighted by Gasteiger charge is -2.19. The van der Waals surface area contributed by atoms with Gasteiger partial charge in [0.1, 0.15) is 5.82 Å². The molecule has 2 rings (SSSR count). The van der Waals surface area contributed by atoms with E-state index >= 15 is 0 Å². The molecule has 0 aliphatic carbocycles. The van der Waals surface area contributed by atoms with Crippen LogP contribution in [0.2, 0.25) is 0 Å². The fraction of sp³-hybridized carbons (Fsp3) is 0.364. The van der Waals surface area contributed by atoms with Crippen LogP contribution < -0.4 is 21.9 Å². The predicted octanol–water partition coefficient (Wildman–Crippen LogP) is 1.77. The maximum atomic E-state index is 9.21. The molecule has 0 saturated heterocycles. The van der Waals surface area contributed by atoms with E-state index < -0.39 is 0 Å². The highest BCUT2D eigenvalue weighted by molar-refractivity contribution is 5.69. The van der Waals surface area contributed by atoms with Crippen molar-refractivity contribution in [2.75, 3.05) is 33.4 Å². The average molecular weight is 385 g/mol. The van der Waals surface area contributed by atoms with Crippen LogP contribution in [0.3, 0.4) is 0 Å². The molecule has 0 saturated carbocycles. The van der Waals surface area contributed by atoms with Gasteiger partial charge in [0.2, 0.25) is 0 Å². The van der Waals surface area contributed by atoms with Gasteiger partial charge in [-0.15, -0.1) is 0 Å². The number of methoxy groups -OCH3 is 1. The minimum atomic E-state index is 0.0424. The number of aryl methyl sites for hydroxylation is 1. The second kappa shape index (κ2) is 12.9. The van der Waals surface area contributed by atoms with Gasteiger partial charge >= 0.3 is 0 Å². The zero-order chi connectivity index (χ0) is 20.0. The van der Waals surface area contributed by atoms with E-state index in [-0.39, 0.29) is 6.61 Å². The van der Waals surface area contributed by atoms with Gasteiger partial charge in [-0.2, -0.15) is 0 Å². The Morgan fingerprint density at radius 2 is 1.82 bits per heavy atom. The van der Waals surface area contributed by atoms with E-state index in [4.69, 9.17) is 10.5 Å². The Morgan fingerprint density at radius 3 is 2.54 bits per heavy atom. The molecule has 0 fully saturated rings. The molecule has 28 heavy (non-hydrogen) atoms. The van der Waals surface area contributed by atoms with E-state index in [2.05, 4.69) is 46.5 Å². The Bertz CT molecular complexity index is 719. The predicted molar refractivity (Wildman–Crippen MR) is 114 cm³/mol. The summed E-state index contributed by atoms with van der Waals surface area (Å²) in [7, 11) is 1.68. The maximum absolute atomic E-state index is 9.21. The molecular weight excluding hydrogens is 352 g/mol. The number of benzene rings is 2. The Hall–Kier alpha value is -2.38.